The van der Waals surface area contributed by atoms with E-state index in [0.717, 1.165) is 11.8 Å². The van der Waals surface area contributed by atoms with Crippen LogP contribution in [0, 0.1) is 11.8 Å². The first-order valence-electron chi connectivity index (χ1n) is 6.47. The van der Waals surface area contributed by atoms with Gasteiger partial charge in [-0.3, -0.25) is 0 Å². The molecule has 0 amide bonds. The van der Waals surface area contributed by atoms with Crippen molar-refractivity contribution >= 4 is 14.6 Å². The summed E-state index contributed by atoms with van der Waals surface area (Å²) in [6.45, 7) is 0. The predicted molar refractivity (Wildman–Crippen MR) is 68.4 cm³/mol. The minimum absolute atomic E-state index is 0.745. The normalized spacial score (nSPS) is 23.7. The summed E-state index contributed by atoms with van der Waals surface area (Å²) in [5, 5.41) is 0. The molecule has 0 aromatic carbocycles. The Hall–Kier alpha value is -0.573. The van der Waals surface area contributed by atoms with E-state index >= 15 is 0 Å². The lowest BCUT2D eigenvalue weighted by Gasteiger charge is -2.17. The summed E-state index contributed by atoms with van der Waals surface area (Å²) < 4.78 is 11.1. The third kappa shape index (κ3) is 4.12. The first kappa shape index (κ1) is 11.9. The fourth-order valence-electron chi connectivity index (χ4n) is 2.15. The highest BCUT2D eigenvalue weighted by atomic mass is 28.3. The van der Waals surface area contributed by atoms with E-state index in [9.17, 15) is 0 Å². The van der Waals surface area contributed by atoms with Crippen LogP contribution in [0.5, 0.6) is 0 Å². The topological polar surface area (TPSA) is 18.5 Å². The number of rotatable bonds is 5. The molecule has 0 radical (unpaired) electrons. The van der Waals surface area contributed by atoms with Crippen molar-refractivity contribution in [1.82, 2.24) is 0 Å². The third-order valence-corrected chi connectivity index (χ3v) is 4.89. The lowest BCUT2D eigenvalue weighted by Crippen LogP contribution is -2.12. The molecule has 0 aliphatic heterocycles. The Kier molecular flexibility index (Phi) is 4.64. The summed E-state index contributed by atoms with van der Waals surface area (Å²) in [6, 6.07) is 0. The quantitative estimate of drug-likeness (QED) is 0.541. The van der Waals surface area contributed by atoms with Crippen molar-refractivity contribution in [3.63, 3.8) is 0 Å². The summed E-state index contributed by atoms with van der Waals surface area (Å²) in [6.07, 6.45) is 13.6. The Labute approximate surface area is 100 Å². The number of allylic oxidation sites excluding steroid dienone is 1. The van der Waals surface area contributed by atoms with Gasteiger partial charge in [0.1, 0.15) is 0 Å². The van der Waals surface area contributed by atoms with Crippen LogP contribution < -0.4 is 0 Å². The molecule has 0 bridgehead atoms. The maximum atomic E-state index is 5.69. The predicted octanol–water partition coefficient (Wildman–Crippen LogP) is 3.03. The fourth-order valence-corrected chi connectivity index (χ4v) is 3.40. The molecular formula is C13H22O2Si. The van der Waals surface area contributed by atoms with Crippen LogP contribution in [-0.2, 0) is 8.85 Å². The zero-order chi connectivity index (χ0) is 11.2. The summed E-state index contributed by atoms with van der Waals surface area (Å²) >= 11 is 0. The fraction of sp³-hybridized carbons (Fsp3) is 0.769. The second kappa shape index (κ2) is 6.23. The van der Waals surface area contributed by atoms with Gasteiger partial charge in [-0.25, -0.2) is 0 Å². The van der Waals surface area contributed by atoms with Crippen LogP contribution >= 0.6 is 0 Å². The van der Waals surface area contributed by atoms with Gasteiger partial charge < -0.3 is 8.85 Å². The average Bonchev–Trinajstić information content (AvgIpc) is 3.13. The van der Waals surface area contributed by atoms with E-state index in [1.165, 1.54) is 44.9 Å². The Morgan fingerprint density at radius 3 is 2.38 bits per heavy atom. The minimum Gasteiger partial charge on any atom is -0.526 e. The smallest absolute Gasteiger partial charge is 0.480 e. The standard InChI is InChI=1S/C13H22O2Si/c1-14-16(11-13-7-8-13)15-10-9-12-5-3-2-4-6-12/h9-13H,2-8H2,1H3. The molecule has 0 heterocycles. The molecule has 0 atom stereocenters. The molecule has 0 saturated heterocycles. The van der Waals surface area contributed by atoms with Crippen molar-refractivity contribution in [2.24, 2.45) is 11.8 Å². The minimum atomic E-state index is -1.13. The zero-order valence-corrected chi connectivity index (χ0v) is 11.2. The first-order valence-corrected chi connectivity index (χ1v) is 7.87. The van der Waals surface area contributed by atoms with Gasteiger partial charge in [0.05, 0.1) is 13.4 Å². The van der Waals surface area contributed by atoms with Crippen LogP contribution in [0.2, 0.25) is 0 Å². The van der Waals surface area contributed by atoms with E-state index in [-0.39, 0.29) is 0 Å². The Morgan fingerprint density at radius 1 is 1.00 bits per heavy atom. The van der Waals surface area contributed by atoms with Crippen molar-refractivity contribution in [3.8, 4) is 0 Å². The maximum absolute atomic E-state index is 5.69. The molecule has 0 aromatic rings. The molecule has 2 aliphatic carbocycles. The van der Waals surface area contributed by atoms with E-state index in [4.69, 9.17) is 8.85 Å². The Bertz CT molecular complexity index is 263. The Morgan fingerprint density at radius 2 is 1.75 bits per heavy atom. The van der Waals surface area contributed by atoms with Gasteiger partial charge in [0.15, 0.2) is 0 Å². The van der Waals surface area contributed by atoms with Gasteiger partial charge >= 0.3 is 8.90 Å². The van der Waals surface area contributed by atoms with Crippen LogP contribution in [0.4, 0.5) is 0 Å². The van der Waals surface area contributed by atoms with Crippen LogP contribution in [0.3, 0.4) is 0 Å². The van der Waals surface area contributed by atoms with E-state index in [1.54, 1.807) is 7.11 Å². The lowest BCUT2D eigenvalue weighted by molar-refractivity contribution is 0.327. The molecule has 2 aliphatic rings. The van der Waals surface area contributed by atoms with Gasteiger partial charge in [-0.1, -0.05) is 19.3 Å². The van der Waals surface area contributed by atoms with Crippen molar-refractivity contribution < 1.29 is 8.85 Å². The van der Waals surface area contributed by atoms with Gasteiger partial charge in [-0.15, -0.1) is 0 Å². The van der Waals surface area contributed by atoms with Gasteiger partial charge in [0.2, 0.25) is 0 Å². The van der Waals surface area contributed by atoms with E-state index < -0.39 is 8.90 Å². The number of hydrogen-bond acceptors (Lipinski definition) is 2. The van der Waals surface area contributed by atoms with E-state index in [0.29, 0.717) is 0 Å². The average molecular weight is 238 g/mol. The van der Waals surface area contributed by atoms with Gasteiger partial charge in [-0.2, -0.15) is 0 Å². The second-order valence-corrected chi connectivity index (χ2v) is 6.49. The summed E-state index contributed by atoms with van der Waals surface area (Å²) in [5.41, 5.74) is 2.27. The molecule has 2 saturated carbocycles. The van der Waals surface area contributed by atoms with Crippen molar-refractivity contribution in [1.29, 1.82) is 0 Å². The first-order chi connectivity index (χ1) is 7.88. The van der Waals surface area contributed by atoms with Gasteiger partial charge in [0.25, 0.3) is 0 Å². The molecule has 3 heteroatoms. The molecule has 2 nitrogen and oxygen atoms in total. The molecule has 90 valence electrons. The highest BCUT2D eigenvalue weighted by Gasteiger charge is 2.21. The molecule has 2 fully saturated rings. The lowest BCUT2D eigenvalue weighted by atomic mass is 9.89. The van der Waals surface area contributed by atoms with E-state index in [2.05, 4.69) is 11.7 Å². The largest absolute Gasteiger partial charge is 0.526 e. The highest BCUT2D eigenvalue weighted by molar-refractivity contribution is 6.54. The molecule has 0 aromatic heterocycles. The van der Waals surface area contributed by atoms with E-state index in [1.807, 2.05) is 6.26 Å². The van der Waals surface area contributed by atoms with Gasteiger partial charge in [-0.05, 0) is 49.3 Å². The third-order valence-electron chi connectivity index (χ3n) is 3.38. The van der Waals surface area contributed by atoms with Crippen LogP contribution in [0.15, 0.2) is 12.3 Å². The summed E-state index contributed by atoms with van der Waals surface area (Å²) in [7, 11) is 0.619. The molecule has 0 unspecified atom stereocenters. The van der Waals surface area contributed by atoms with Crippen molar-refractivity contribution in [3.05, 3.63) is 12.3 Å². The SMILES string of the molecule is CO[Si](=CC1CC1)OC=CC1CCCCC1. The van der Waals surface area contributed by atoms with Gasteiger partial charge in [0, 0.05) is 0 Å². The second-order valence-electron chi connectivity index (χ2n) is 4.87. The summed E-state index contributed by atoms with van der Waals surface area (Å²) in [5.74, 6) is 1.52. The molecular weight excluding hydrogens is 216 g/mol. The molecule has 2 rings (SSSR count). The van der Waals surface area contributed by atoms with Crippen LogP contribution in [0.1, 0.15) is 44.9 Å². The number of hydrogen-bond donors (Lipinski definition) is 0. The molecule has 0 spiro atoms. The summed E-state index contributed by atoms with van der Waals surface area (Å²) in [4.78, 5) is 0. The van der Waals surface area contributed by atoms with Crippen molar-refractivity contribution in [2.45, 2.75) is 44.9 Å². The van der Waals surface area contributed by atoms with Crippen LogP contribution in [0.25, 0.3) is 0 Å². The molecule has 0 N–H and O–H groups in total. The highest BCUT2D eigenvalue weighted by Crippen LogP contribution is 2.26. The van der Waals surface area contributed by atoms with Crippen molar-refractivity contribution in [2.75, 3.05) is 7.11 Å². The maximum Gasteiger partial charge on any atom is 0.480 e. The van der Waals surface area contributed by atoms with Crippen LogP contribution in [-0.4, -0.2) is 21.7 Å². The molecule has 16 heavy (non-hydrogen) atoms. The zero-order valence-electron chi connectivity index (χ0n) is 10.2. The Balaban J connectivity index is 1.73. The monoisotopic (exact) mass is 238 g/mol.